The number of nitrogens with zero attached hydrogens (tertiary/aromatic N) is 1. The summed E-state index contributed by atoms with van der Waals surface area (Å²) in [5.74, 6) is 0.852. The van der Waals surface area contributed by atoms with Crippen molar-refractivity contribution in [2.45, 2.75) is 13.5 Å². The molecule has 1 amide bonds. The van der Waals surface area contributed by atoms with Gasteiger partial charge in [-0.05, 0) is 42.1 Å². The zero-order valence-electron chi connectivity index (χ0n) is 12.3. The van der Waals surface area contributed by atoms with Crippen LogP contribution in [0.15, 0.2) is 47.9 Å². The minimum absolute atomic E-state index is 0.00251. The number of carbonyl (C=O) groups excluding carboxylic acids is 1. The lowest BCUT2D eigenvalue weighted by Crippen LogP contribution is -2.24. The average Bonchev–Trinajstić information content (AvgIpc) is 3.00. The third-order valence-corrected chi connectivity index (χ3v) is 3.80. The Kier molecular flexibility index (Phi) is 5.58. The second kappa shape index (κ2) is 7.64. The molecule has 0 atom stereocenters. The molecule has 110 valence electrons. The summed E-state index contributed by atoms with van der Waals surface area (Å²) in [6, 6.07) is 11.8. The molecule has 0 bridgehead atoms. The monoisotopic (exact) mass is 301 g/mol. The van der Waals surface area contributed by atoms with Gasteiger partial charge in [0.2, 0.25) is 5.91 Å². The Morgan fingerprint density at radius 1 is 1.29 bits per heavy atom. The number of hydrogen-bond acceptors (Lipinski definition) is 3. The van der Waals surface area contributed by atoms with Crippen LogP contribution in [-0.2, 0) is 11.3 Å². The van der Waals surface area contributed by atoms with Crippen LogP contribution in [0.4, 0.5) is 0 Å². The fraction of sp³-hybridized carbons (Fsp3) is 0.235. The van der Waals surface area contributed by atoms with E-state index in [2.05, 4.69) is 0 Å². The maximum absolute atomic E-state index is 12.0. The minimum atomic E-state index is -0.00251. The Morgan fingerprint density at radius 3 is 2.67 bits per heavy atom. The summed E-state index contributed by atoms with van der Waals surface area (Å²) in [4.78, 5) is 14.8. The molecule has 0 saturated carbocycles. The van der Waals surface area contributed by atoms with Crippen LogP contribution in [0.1, 0.15) is 17.4 Å². The van der Waals surface area contributed by atoms with E-state index in [-0.39, 0.29) is 5.91 Å². The first-order chi connectivity index (χ1) is 10.2. The lowest BCUT2D eigenvalue weighted by molar-refractivity contribution is -0.125. The van der Waals surface area contributed by atoms with Crippen molar-refractivity contribution >= 4 is 23.3 Å². The molecule has 0 spiro atoms. The second-order valence-electron chi connectivity index (χ2n) is 4.62. The van der Waals surface area contributed by atoms with Gasteiger partial charge in [0.05, 0.1) is 6.61 Å². The summed E-state index contributed by atoms with van der Waals surface area (Å²) in [7, 11) is 1.80. The van der Waals surface area contributed by atoms with E-state index >= 15 is 0 Å². The van der Waals surface area contributed by atoms with Crippen LogP contribution in [-0.4, -0.2) is 24.5 Å². The lowest BCUT2D eigenvalue weighted by atomic mass is 10.2. The Hall–Kier alpha value is -2.07. The van der Waals surface area contributed by atoms with Crippen molar-refractivity contribution in [2.24, 2.45) is 0 Å². The van der Waals surface area contributed by atoms with Gasteiger partial charge in [-0.2, -0.15) is 0 Å². The first-order valence-electron chi connectivity index (χ1n) is 6.87. The first kappa shape index (κ1) is 15.3. The molecule has 1 aromatic carbocycles. The summed E-state index contributed by atoms with van der Waals surface area (Å²) in [5.41, 5.74) is 1.08. The van der Waals surface area contributed by atoms with Crippen LogP contribution in [0, 0.1) is 0 Å². The number of thiophene rings is 1. The summed E-state index contributed by atoms with van der Waals surface area (Å²) < 4.78 is 5.40. The number of amides is 1. The Morgan fingerprint density at radius 2 is 2.05 bits per heavy atom. The molecular weight excluding hydrogens is 282 g/mol. The van der Waals surface area contributed by atoms with Crippen molar-refractivity contribution in [1.82, 2.24) is 4.90 Å². The molecule has 21 heavy (non-hydrogen) atoms. The predicted molar refractivity (Wildman–Crippen MR) is 87.4 cm³/mol. The topological polar surface area (TPSA) is 29.5 Å². The maximum atomic E-state index is 12.0. The molecule has 2 rings (SSSR count). The number of carbonyl (C=O) groups is 1. The van der Waals surface area contributed by atoms with Gasteiger partial charge in [-0.1, -0.05) is 18.2 Å². The highest BCUT2D eigenvalue weighted by molar-refractivity contribution is 7.10. The summed E-state index contributed by atoms with van der Waals surface area (Å²) in [5, 5.41) is 1.99. The number of benzene rings is 1. The fourth-order valence-electron chi connectivity index (χ4n) is 1.88. The van der Waals surface area contributed by atoms with Crippen LogP contribution in [0.3, 0.4) is 0 Å². The zero-order valence-corrected chi connectivity index (χ0v) is 13.1. The van der Waals surface area contributed by atoms with E-state index in [1.807, 2.05) is 54.8 Å². The molecule has 2 aromatic rings. The van der Waals surface area contributed by atoms with Gasteiger partial charge in [0.25, 0.3) is 0 Å². The third-order valence-electron chi connectivity index (χ3n) is 2.96. The van der Waals surface area contributed by atoms with Crippen molar-refractivity contribution in [3.05, 3.63) is 58.3 Å². The molecule has 0 saturated heterocycles. The van der Waals surface area contributed by atoms with Crippen molar-refractivity contribution < 1.29 is 9.53 Å². The standard InChI is InChI=1S/C17H19NO2S/c1-3-20-15-8-6-14(7-9-15)13-18(2)17(19)11-10-16-5-4-12-21-16/h4-12H,3,13H2,1-2H3. The summed E-state index contributed by atoms with van der Waals surface area (Å²) in [6.07, 6.45) is 3.46. The number of ether oxygens (including phenoxy) is 1. The van der Waals surface area contributed by atoms with Gasteiger partial charge in [0, 0.05) is 24.5 Å². The van der Waals surface area contributed by atoms with Crippen molar-refractivity contribution in [2.75, 3.05) is 13.7 Å². The largest absolute Gasteiger partial charge is 0.494 e. The molecule has 0 aliphatic carbocycles. The molecule has 0 aliphatic rings. The molecule has 1 aromatic heterocycles. The van der Waals surface area contributed by atoms with E-state index in [0.717, 1.165) is 16.2 Å². The van der Waals surface area contributed by atoms with Crippen LogP contribution in [0.2, 0.25) is 0 Å². The number of rotatable bonds is 6. The fourth-order valence-corrected chi connectivity index (χ4v) is 2.49. The van der Waals surface area contributed by atoms with Gasteiger partial charge in [-0.3, -0.25) is 4.79 Å². The highest BCUT2D eigenvalue weighted by atomic mass is 32.1. The quantitative estimate of drug-likeness (QED) is 0.759. The smallest absolute Gasteiger partial charge is 0.246 e. The summed E-state index contributed by atoms with van der Waals surface area (Å²) >= 11 is 1.62. The molecule has 4 heteroatoms. The SMILES string of the molecule is CCOc1ccc(CN(C)C(=O)C=Cc2cccs2)cc1. The van der Waals surface area contributed by atoms with Crippen LogP contribution >= 0.6 is 11.3 Å². The Labute approximate surface area is 129 Å². The van der Waals surface area contributed by atoms with E-state index in [1.54, 1.807) is 29.4 Å². The van der Waals surface area contributed by atoms with Crippen molar-refractivity contribution in [3.63, 3.8) is 0 Å². The van der Waals surface area contributed by atoms with E-state index in [0.29, 0.717) is 13.2 Å². The van der Waals surface area contributed by atoms with E-state index < -0.39 is 0 Å². The molecular formula is C17H19NO2S. The van der Waals surface area contributed by atoms with Crippen LogP contribution in [0.25, 0.3) is 6.08 Å². The average molecular weight is 301 g/mol. The molecule has 0 radical (unpaired) electrons. The van der Waals surface area contributed by atoms with Gasteiger partial charge >= 0.3 is 0 Å². The Balaban J connectivity index is 1.90. The van der Waals surface area contributed by atoms with E-state index in [9.17, 15) is 4.79 Å². The van der Waals surface area contributed by atoms with Gasteiger partial charge in [-0.15, -0.1) is 11.3 Å². The van der Waals surface area contributed by atoms with Crippen molar-refractivity contribution in [3.8, 4) is 5.75 Å². The predicted octanol–water partition coefficient (Wildman–Crippen LogP) is 3.82. The lowest BCUT2D eigenvalue weighted by Gasteiger charge is -2.15. The zero-order chi connectivity index (χ0) is 15.1. The third kappa shape index (κ3) is 4.76. The normalized spacial score (nSPS) is 10.8. The molecule has 0 aliphatic heterocycles. The molecule has 0 N–H and O–H groups in total. The summed E-state index contributed by atoms with van der Waals surface area (Å²) in [6.45, 7) is 3.20. The maximum Gasteiger partial charge on any atom is 0.246 e. The van der Waals surface area contributed by atoms with Gasteiger partial charge < -0.3 is 9.64 Å². The van der Waals surface area contributed by atoms with Gasteiger partial charge in [0.1, 0.15) is 5.75 Å². The highest BCUT2D eigenvalue weighted by Gasteiger charge is 2.06. The van der Waals surface area contributed by atoms with Gasteiger partial charge in [-0.25, -0.2) is 0 Å². The van der Waals surface area contributed by atoms with Crippen LogP contribution < -0.4 is 4.74 Å². The van der Waals surface area contributed by atoms with Crippen molar-refractivity contribution in [1.29, 1.82) is 0 Å². The number of likely N-dealkylation sites (N-methyl/N-ethyl adjacent to an activating group) is 1. The first-order valence-corrected chi connectivity index (χ1v) is 7.75. The minimum Gasteiger partial charge on any atom is -0.494 e. The van der Waals surface area contributed by atoms with E-state index in [4.69, 9.17) is 4.74 Å². The van der Waals surface area contributed by atoms with E-state index in [1.165, 1.54) is 0 Å². The highest BCUT2D eigenvalue weighted by Crippen LogP contribution is 2.14. The van der Waals surface area contributed by atoms with Crippen LogP contribution in [0.5, 0.6) is 5.75 Å². The molecule has 1 heterocycles. The Bertz CT molecular complexity index is 588. The molecule has 3 nitrogen and oxygen atoms in total. The molecule has 0 unspecified atom stereocenters. The number of hydrogen-bond donors (Lipinski definition) is 0. The van der Waals surface area contributed by atoms with Gasteiger partial charge in [0.15, 0.2) is 0 Å². The molecule has 0 fully saturated rings. The second-order valence-corrected chi connectivity index (χ2v) is 5.60.